The molecule has 0 N–H and O–H groups in total. The molecule has 1 aromatic carbocycles. The number of unbranched alkanes of at least 4 members (excludes halogenated alkanes) is 1. The maximum Gasteiger partial charge on any atom is 0.431 e. The van der Waals surface area contributed by atoms with Crippen LogP contribution < -0.4 is 0 Å². The summed E-state index contributed by atoms with van der Waals surface area (Å²) in [5.74, 6) is -1.67. The first-order chi connectivity index (χ1) is 21.5. The third-order valence-electron chi connectivity index (χ3n) is 11.6. The Bertz CT molecular complexity index is 1790. The van der Waals surface area contributed by atoms with Gasteiger partial charge in [-0.05, 0) is 72.3 Å². The Morgan fingerprint density at radius 1 is 0.978 bits per heavy atom. The van der Waals surface area contributed by atoms with E-state index in [0.29, 0.717) is 24.1 Å². The second kappa shape index (κ2) is 9.14. The molecule has 8 rings (SSSR count). The van der Waals surface area contributed by atoms with Gasteiger partial charge in [0.2, 0.25) is 5.79 Å². The molecule has 8 heteroatoms. The summed E-state index contributed by atoms with van der Waals surface area (Å²) in [5.41, 5.74) is 6.25. The summed E-state index contributed by atoms with van der Waals surface area (Å²) >= 11 is 0. The van der Waals surface area contributed by atoms with E-state index in [9.17, 15) is 13.2 Å². The Balaban J connectivity index is 1.51. The van der Waals surface area contributed by atoms with Crippen LogP contribution in [0.4, 0.5) is 17.6 Å². The van der Waals surface area contributed by atoms with Gasteiger partial charge in [0.1, 0.15) is 11.5 Å². The zero-order valence-electron chi connectivity index (χ0n) is 26.4. The summed E-state index contributed by atoms with van der Waals surface area (Å²) in [6.07, 6.45) is 15.0. The van der Waals surface area contributed by atoms with E-state index in [-0.39, 0.29) is 18.2 Å². The maximum absolute atomic E-state index is 16.3. The molecule has 0 bridgehead atoms. The molecule has 2 unspecified atom stereocenters. The number of allylic oxidation sites excluding steroid dienone is 9. The molecular weight excluding hydrogens is 576 g/mol. The van der Waals surface area contributed by atoms with Crippen LogP contribution in [0, 0.1) is 11.3 Å². The minimum absolute atomic E-state index is 0.238. The first kappa shape index (κ1) is 28.6. The van der Waals surface area contributed by atoms with Crippen LogP contribution in [-0.2, 0) is 11.8 Å². The van der Waals surface area contributed by atoms with Crippen molar-refractivity contribution in [2.75, 3.05) is 0 Å². The molecule has 0 saturated carbocycles. The van der Waals surface area contributed by atoms with Gasteiger partial charge in [-0.3, -0.25) is 0 Å². The predicted octanol–water partition coefficient (Wildman–Crippen LogP) is 9.44. The van der Waals surface area contributed by atoms with Crippen molar-refractivity contribution in [1.82, 2.24) is 14.8 Å². The van der Waals surface area contributed by atoms with Crippen molar-refractivity contribution in [3.05, 3.63) is 106 Å². The third kappa shape index (κ3) is 3.21. The van der Waals surface area contributed by atoms with E-state index < -0.39 is 28.5 Å². The van der Waals surface area contributed by atoms with Crippen molar-refractivity contribution < 1.29 is 17.6 Å². The fourth-order valence-electron chi connectivity index (χ4n) is 9.62. The number of benzene rings is 1. The number of halogens is 4. The molecule has 1 spiro atoms. The minimum atomic E-state index is -4.55. The molecule has 234 valence electrons. The number of hydrazone groups is 1. The molecule has 5 heterocycles. The molecule has 0 radical (unpaired) electrons. The summed E-state index contributed by atoms with van der Waals surface area (Å²) in [5, 5.41) is 6.18. The lowest BCUT2D eigenvalue weighted by Gasteiger charge is -2.67. The molecule has 2 atom stereocenters. The number of nitrogens with zero attached hydrogens (tertiary/aromatic N) is 4. The Labute approximate surface area is 262 Å². The van der Waals surface area contributed by atoms with E-state index in [0.717, 1.165) is 52.9 Å². The number of alkyl halides is 3. The monoisotopic (exact) mass is 614 g/mol. The molecule has 7 aliphatic rings. The average Bonchev–Trinajstić information content (AvgIpc) is 3.58. The van der Waals surface area contributed by atoms with Gasteiger partial charge in [-0.1, -0.05) is 65.3 Å². The van der Waals surface area contributed by atoms with Crippen molar-refractivity contribution in [3.8, 4) is 0 Å². The lowest BCUT2D eigenvalue weighted by Crippen LogP contribution is -2.74. The number of hydrogen-bond acceptors (Lipinski definition) is 4. The largest absolute Gasteiger partial charge is 0.431 e. The molecule has 1 aromatic rings. The van der Waals surface area contributed by atoms with Crippen LogP contribution in [0.1, 0.15) is 89.0 Å². The van der Waals surface area contributed by atoms with Crippen LogP contribution in [0.15, 0.2) is 88.4 Å². The van der Waals surface area contributed by atoms with Crippen LogP contribution in [0.25, 0.3) is 11.8 Å². The van der Waals surface area contributed by atoms with E-state index in [4.69, 9.17) is 0 Å². The van der Waals surface area contributed by atoms with Gasteiger partial charge in [-0.2, -0.15) is 18.3 Å². The lowest BCUT2D eigenvalue weighted by atomic mass is 9.52. The normalized spacial score (nSPS) is 27.6. The van der Waals surface area contributed by atoms with E-state index in [2.05, 4.69) is 73.9 Å². The van der Waals surface area contributed by atoms with E-state index in [1.807, 2.05) is 30.5 Å². The Morgan fingerprint density at radius 2 is 1.76 bits per heavy atom. The second-order valence-corrected chi connectivity index (χ2v) is 13.7. The summed E-state index contributed by atoms with van der Waals surface area (Å²) < 4.78 is 59.6. The van der Waals surface area contributed by atoms with Gasteiger partial charge in [-0.25, -0.2) is 9.40 Å². The Morgan fingerprint density at radius 3 is 2.47 bits per heavy atom. The number of rotatable bonds is 5. The molecule has 0 fully saturated rings. The van der Waals surface area contributed by atoms with Gasteiger partial charge in [-0.15, -0.1) is 0 Å². The predicted molar refractivity (Wildman–Crippen MR) is 169 cm³/mol. The maximum atomic E-state index is 16.3. The van der Waals surface area contributed by atoms with Crippen molar-refractivity contribution in [3.63, 3.8) is 0 Å². The molecule has 2 aliphatic carbocycles. The highest BCUT2D eigenvalue weighted by Crippen LogP contribution is 2.70. The SMILES string of the molecule is CCCCc1ccc2c3c1C=CN1C3=C3C(=C(F)C=CC3C(CC)(CC)C13N1C=CC=CC1=C1CC(C(F)(F)F)=NN13)C2(C)C. The van der Waals surface area contributed by atoms with Gasteiger partial charge in [0, 0.05) is 46.7 Å². The highest BCUT2D eigenvalue weighted by atomic mass is 19.4. The molecule has 0 aromatic heterocycles. The van der Waals surface area contributed by atoms with E-state index in [1.165, 1.54) is 5.56 Å². The fraction of sp³-hybridized carbons (Fsp3) is 0.432. The summed E-state index contributed by atoms with van der Waals surface area (Å²) in [4.78, 5) is 4.34. The first-order valence-electron chi connectivity index (χ1n) is 16.3. The second-order valence-electron chi connectivity index (χ2n) is 13.7. The van der Waals surface area contributed by atoms with Gasteiger partial charge < -0.3 is 9.80 Å². The molecule has 4 nitrogen and oxygen atoms in total. The zero-order valence-corrected chi connectivity index (χ0v) is 26.4. The third-order valence-corrected chi connectivity index (χ3v) is 11.6. The quantitative estimate of drug-likeness (QED) is 0.309. The van der Waals surface area contributed by atoms with Crippen LogP contribution in [0.3, 0.4) is 0 Å². The molecular formula is C37H38F4N4. The number of hydrogen-bond donors (Lipinski definition) is 0. The van der Waals surface area contributed by atoms with Crippen molar-refractivity contribution >= 4 is 17.5 Å². The summed E-state index contributed by atoms with van der Waals surface area (Å²) in [6, 6.07) is 4.36. The topological polar surface area (TPSA) is 22.1 Å². The highest BCUT2D eigenvalue weighted by Gasteiger charge is 2.73. The standard InChI is InChI=1S/C37H38F4N4/c1-6-9-12-22-14-15-24-30-23(22)18-20-44-33(30)31-25(16-17-26(38)32(31)34(24,4)5)35(7-2,8-3)37(44)43-19-11-10-13-27(43)28-21-29(36(39,40)41)42-45(28)37/h10-11,13-20,25H,6-9,12,21H2,1-5H3. The lowest BCUT2D eigenvalue weighted by molar-refractivity contribution is -0.175. The van der Waals surface area contributed by atoms with Gasteiger partial charge >= 0.3 is 6.18 Å². The van der Waals surface area contributed by atoms with E-state index >= 15 is 4.39 Å². The fourth-order valence-corrected chi connectivity index (χ4v) is 9.62. The van der Waals surface area contributed by atoms with Crippen LogP contribution in [0.2, 0.25) is 0 Å². The summed E-state index contributed by atoms with van der Waals surface area (Å²) in [6.45, 7) is 10.6. The summed E-state index contributed by atoms with van der Waals surface area (Å²) in [7, 11) is 0. The number of fused-ring (bicyclic) bond motifs is 5. The minimum Gasteiger partial charge on any atom is -0.304 e. The van der Waals surface area contributed by atoms with Crippen molar-refractivity contribution in [2.24, 2.45) is 16.4 Å². The van der Waals surface area contributed by atoms with Crippen molar-refractivity contribution in [2.45, 2.75) is 90.5 Å². The molecule has 0 amide bonds. The average molecular weight is 615 g/mol. The Hall–Kier alpha value is -3.81. The number of aryl methyl sites for hydroxylation is 1. The van der Waals surface area contributed by atoms with Crippen LogP contribution in [0.5, 0.6) is 0 Å². The van der Waals surface area contributed by atoms with Crippen molar-refractivity contribution in [1.29, 1.82) is 0 Å². The first-order valence-corrected chi connectivity index (χ1v) is 16.3. The molecule has 45 heavy (non-hydrogen) atoms. The van der Waals surface area contributed by atoms with Gasteiger partial charge in [0.15, 0.2) is 0 Å². The highest BCUT2D eigenvalue weighted by molar-refractivity contribution is 5.95. The molecule has 0 saturated heterocycles. The Kier molecular flexibility index (Phi) is 5.82. The van der Waals surface area contributed by atoms with Gasteiger partial charge in [0.25, 0.3) is 0 Å². The van der Waals surface area contributed by atoms with Gasteiger partial charge in [0.05, 0.1) is 17.1 Å². The van der Waals surface area contributed by atoms with Crippen LogP contribution >= 0.6 is 0 Å². The van der Waals surface area contributed by atoms with E-state index in [1.54, 1.807) is 11.1 Å². The van der Waals surface area contributed by atoms with Crippen LogP contribution in [-0.4, -0.2) is 32.5 Å². The smallest absolute Gasteiger partial charge is 0.304 e. The molecule has 5 aliphatic heterocycles. The zero-order chi connectivity index (χ0) is 31.7.